The number of piperidine rings is 1. The molecule has 2 rings (SSSR count). The van der Waals surface area contributed by atoms with Crippen LogP contribution in [0.1, 0.15) is 51.5 Å². The van der Waals surface area contributed by atoms with Crippen molar-refractivity contribution in [3.05, 3.63) is 23.9 Å². The molecule has 0 saturated carbocycles. The number of rotatable bonds is 7. The molecule has 134 valence electrons. The molecule has 0 atom stereocenters. The minimum atomic E-state index is 0.756. The topological polar surface area (TPSA) is 52.6 Å². The van der Waals surface area contributed by atoms with Gasteiger partial charge in [0.25, 0.3) is 0 Å². The van der Waals surface area contributed by atoms with E-state index in [1.54, 1.807) is 0 Å². The summed E-state index contributed by atoms with van der Waals surface area (Å²) in [5.74, 6) is 2.73. The number of anilines is 1. The standard InChI is InChI=1S/C19H33N5/c1-16(2)8-7-10-22-19(20-3)23-15-17-9-11-21-18(14-17)24-12-5-4-6-13-24/h9,11,14,16H,4-8,10,12-13,15H2,1-3H3,(H2,20,22,23). The quantitative estimate of drug-likeness (QED) is 0.458. The predicted octanol–water partition coefficient (Wildman–Crippen LogP) is 3.17. The summed E-state index contributed by atoms with van der Waals surface area (Å²) in [6, 6.07) is 4.27. The van der Waals surface area contributed by atoms with Gasteiger partial charge < -0.3 is 15.5 Å². The van der Waals surface area contributed by atoms with Crippen molar-refractivity contribution in [1.82, 2.24) is 15.6 Å². The molecule has 24 heavy (non-hydrogen) atoms. The van der Waals surface area contributed by atoms with Crippen molar-refractivity contribution in [2.45, 2.75) is 52.5 Å². The average Bonchev–Trinajstić information content (AvgIpc) is 2.62. The second kappa shape index (κ2) is 10.2. The zero-order chi connectivity index (χ0) is 17.2. The summed E-state index contributed by atoms with van der Waals surface area (Å²) in [5, 5.41) is 6.78. The van der Waals surface area contributed by atoms with Gasteiger partial charge >= 0.3 is 0 Å². The third-order valence-electron chi connectivity index (χ3n) is 4.42. The van der Waals surface area contributed by atoms with Crippen LogP contribution in [0.2, 0.25) is 0 Å². The first-order valence-corrected chi connectivity index (χ1v) is 9.33. The van der Waals surface area contributed by atoms with E-state index >= 15 is 0 Å². The first-order valence-electron chi connectivity index (χ1n) is 9.33. The number of hydrogen-bond donors (Lipinski definition) is 2. The predicted molar refractivity (Wildman–Crippen MR) is 103 cm³/mol. The Kier molecular flexibility index (Phi) is 7.86. The highest BCUT2D eigenvalue weighted by molar-refractivity contribution is 5.79. The SMILES string of the molecule is CN=C(NCCCC(C)C)NCc1ccnc(N2CCCCC2)c1. The highest BCUT2D eigenvalue weighted by Gasteiger charge is 2.12. The summed E-state index contributed by atoms with van der Waals surface area (Å²) in [4.78, 5) is 11.2. The van der Waals surface area contributed by atoms with Gasteiger partial charge in [0, 0.05) is 39.4 Å². The van der Waals surface area contributed by atoms with E-state index in [0.29, 0.717) is 0 Å². The zero-order valence-corrected chi connectivity index (χ0v) is 15.5. The fraction of sp³-hybridized carbons (Fsp3) is 0.684. The Balaban J connectivity index is 1.79. The molecule has 0 aliphatic carbocycles. The summed E-state index contributed by atoms with van der Waals surface area (Å²) in [6.45, 7) is 8.51. The lowest BCUT2D eigenvalue weighted by Gasteiger charge is -2.28. The monoisotopic (exact) mass is 331 g/mol. The third-order valence-corrected chi connectivity index (χ3v) is 4.42. The second-order valence-corrected chi connectivity index (χ2v) is 6.96. The van der Waals surface area contributed by atoms with Crippen LogP contribution in [0.3, 0.4) is 0 Å². The van der Waals surface area contributed by atoms with Crippen LogP contribution >= 0.6 is 0 Å². The Morgan fingerprint density at radius 2 is 2.04 bits per heavy atom. The van der Waals surface area contributed by atoms with E-state index in [1.807, 2.05) is 13.2 Å². The number of hydrogen-bond acceptors (Lipinski definition) is 3. The van der Waals surface area contributed by atoms with Crippen LogP contribution in [0, 0.1) is 5.92 Å². The lowest BCUT2D eigenvalue weighted by atomic mass is 10.1. The number of nitrogens with zero attached hydrogens (tertiary/aromatic N) is 3. The normalized spacial score (nSPS) is 15.7. The first-order chi connectivity index (χ1) is 11.7. The van der Waals surface area contributed by atoms with E-state index in [4.69, 9.17) is 0 Å². The molecule has 1 aromatic heterocycles. The summed E-state index contributed by atoms with van der Waals surface area (Å²) < 4.78 is 0. The molecule has 1 aliphatic rings. The van der Waals surface area contributed by atoms with Crippen molar-refractivity contribution in [2.24, 2.45) is 10.9 Å². The maximum atomic E-state index is 4.54. The van der Waals surface area contributed by atoms with E-state index in [9.17, 15) is 0 Å². The number of aliphatic imine (C=N–C) groups is 1. The van der Waals surface area contributed by atoms with Gasteiger partial charge in [0.2, 0.25) is 0 Å². The summed E-state index contributed by atoms with van der Waals surface area (Å²) in [7, 11) is 1.82. The van der Waals surface area contributed by atoms with Crippen molar-refractivity contribution < 1.29 is 0 Å². The largest absolute Gasteiger partial charge is 0.357 e. The Labute approximate surface area is 147 Å². The summed E-state index contributed by atoms with van der Waals surface area (Å²) in [6.07, 6.45) is 8.23. The molecule has 0 aromatic carbocycles. The van der Waals surface area contributed by atoms with Crippen LogP contribution in [-0.2, 0) is 6.54 Å². The van der Waals surface area contributed by atoms with Gasteiger partial charge in [-0.3, -0.25) is 4.99 Å². The minimum absolute atomic E-state index is 0.756. The van der Waals surface area contributed by atoms with Gasteiger partial charge in [-0.25, -0.2) is 4.98 Å². The van der Waals surface area contributed by atoms with Crippen molar-refractivity contribution in [3.63, 3.8) is 0 Å². The third kappa shape index (κ3) is 6.38. The van der Waals surface area contributed by atoms with E-state index in [-0.39, 0.29) is 0 Å². The molecule has 0 bridgehead atoms. The first kappa shape index (κ1) is 18.6. The lowest BCUT2D eigenvalue weighted by molar-refractivity contribution is 0.549. The maximum absolute atomic E-state index is 4.54. The maximum Gasteiger partial charge on any atom is 0.191 e. The van der Waals surface area contributed by atoms with Crippen molar-refractivity contribution in [2.75, 3.05) is 31.6 Å². The van der Waals surface area contributed by atoms with E-state index < -0.39 is 0 Å². The molecule has 0 radical (unpaired) electrons. The molecule has 0 spiro atoms. The van der Waals surface area contributed by atoms with Gasteiger partial charge in [-0.05, 0) is 55.7 Å². The van der Waals surface area contributed by atoms with Crippen molar-refractivity contribution in [3.8, 4) is 0 Å². The van der Waals surface area contributed by atoms with Crippen LogP contribution in [0.25, 0.3) is 0 Å². The highest BCUT2D eigenvalue weighted by atomic mass is 15.2. The smallest absolute Gasteiger partial charge is 0.191 e. The lowest BCUT2D eigenvalue weighted by Crippen LogP contribution is -2.37. The Morgan fingerprint density at radius 1 is 1.25 bits per heavy atom. The van der Waals surface area contributed by atoms with Crippen LogP contribution in [0.4, 0.5) is 5.82 Å². The van der Waals surface area contributed by atoms with Crippen LogP contribution < -0.4 is 15.5 Å². The van der Waals surface area contributed by atoms with Gasteiger partial charge in [0.05, 0.1) is 0 Å². The van der Waals surface area contributed by atoms with Crippen molar-refractivity contribution in [1.29, 1.82) is 0 Å². The van der Waals surface area contributed by atoms with Crippen molar-refractivity contribution >= 4 is 11.8 Å². The summed E-state index contributed by atoms with van der Waals surface area (Å²) >= 11 is 0. The van der Waals surface area contributed by atoms with E-state index in [1.165, 1.54) is 37.7 Å². The highest BCUT2D eigenvalue weighted by Crippen LogP contribution is 2.18. The molecule has 0 amide bonds. The molecular formula is C19H33N5. The van der Waals surface area contributed by atoms with E-state index in [2.05, 4.69) is 51.5 Å². The fourth-order valence-electron chi connectivity index (χ4n) is 2.99. The van der Waals surface area contributed by atoms with Gasteiger partial charge in [0.1, 0.15) is 5.82 Å². The van der Waals surface area contributed by atoms with Crippen LogP contribution in [0.15, 0.2) is 23.3 Å². The molecule has 2 heterocycles. The molecular weight excluding hydrogens is 298 g/mol. The number of pyridine rings is 1. The average molecular weight is 332 g/mol. The molecule has 1 saturated heterocycles. The van der Waals surface area contributed by atoms with E-state index in [0.717, 1.165) is 43.9 Å². The number of guanidine groups is 1. The van der Waals surface area contributed by atoms with Crippen LogP contribution in [-0.4, -0.2) is 37.6 Å². The Morgan fingerprint density at radius 3 is 2.75 bits per heavy atom. The molecule has 5 heteroatoms. The number of aromatic nitrogens is 1. The Bertz CT molecular complexity index is 506. The van der Waals surface area contributed by atoms with Gasteiger partial charge in [0.15, 0.2) is 5.96 Å². The zero-order valence-electron chi connectivity index (χ0n) is 15.5. The molecule has 5 nitrogen and oxygen atoms in total. The molecule has 1 fully saturated rings. The summed E-state index contributed by atoms with van der Waals surface area (Å²) in [5.41, 5.74) is 1.25. The fourth-order valence-corrected chi connectivity index (χ4v) is 2.99. The molecule has 1 aliphatic heterocycles. The van der Waals surface area contributed by atoms with Gasteiger partial charge in [-0.2, -0.15) is 0 Å². The second-order valence-electron chi connectivity index (χ2n) is 6.96. The van der Waals surface area contributed by atoms with Gasteiger partial charge in [-0.15, -0.1) is 0 Å². The molecule has 0 unspecified atom stereocenters. The minimum Gasteiger partial charge on any atom is -0.357 e. The number of nitrogens with one attached hydrogen (secondary N) is 2. The molecule has 2 N–H and O–H groups in total. The van der Waals surface area contributed by atoms with Gasteiger partial charge in [-0.1, -0.05) is 13.8 Å². The van der Waals surface area contributed by atoms with Crippen LogP contribution in [0.5, 0.6) is 0 Å². The Hall–Kier alpha value is -1.78. The molecule has 1 aromatic rings.